The van der Waals surface area contributed by atoms with E-state index in [-0.39, 0.29) is 4.90 Å². The van der Waals surface area contributed by atoms with E-state index in [4.69, 9.17) is 0 Å². The van der Waals surface area contributed by atoms with Crippen LogP contribution >= 0.6 is 0 Å². The number of aryl methyl sites for hydroxylation is 2. The Bertz CT molecular complexity index is 769. The van der Waals surface area contributed by atoms with Gasteiger partial charge in [-0.3, -0.25) is 4.68 Å². The van der Waals surface area contributed by atoms with Crippen LogP contribution in [0, 0.1) is 19.7 Å². The van der Waals surface area contributed by atoms with Crippen LogP contribution in [0.1, 0.15) is 29.9 Å². The Hall–Kier alpha value is -1.73. The molecule has 0 bridgehead atoms. The number of nitrogens with zero attached hydrogens (tertiary/aromatic N) is 2. The first-order valence-corrected chi connectivity index (χ1v) is 7.98. The fourth-order valence-electron chi connectivity index (χ4n) is 2.28. The minimum Gasteiger partial charge on any atom is -0.271 e. The number of benzene rings is 1. The number of hydrogen-bond donors (Lipinski definition) is 1. The van der Waals surface area contributed by atoms with Crippen molar-refractivity contribution < 1.29 is 12.8 Å². The summed E-state index contributed by atoms with van der Waals surface area (Å²) in [6, 6.07) is 5.33. The molecule has 1 aromatic carbocycles. The molecule has 5 nitrogen and oxygen atoms in total. The molecular weight excluding hydrogens is 293 g/mol. The Balaban J connectivity index is 2.33. The molecule has 1 aromatic heterocycles. The summed E-state index contributed by atoms with van der Waals surface area (Å²) in [5.74, 6) is -0.396. The molecule has 0 aliphatic heterocycles. The van der Waals surface area contributed by atoms with Crippen LogP contribution in [0.4, 0.5) is 4.39 Å². The van der Waals surface area contributed by atoms with Crippen molar-refractivity contribution in [3.05, 3.63) is 47.0 Å². The van der Waals surface area contributed by atoms with E-state index in [0.29, 0.717) is 17.0 Å². The molecule has 0 radical (unpaired) electrons. The average Bonchev–Trinajstić information content (AvgIpc) is 2.63. The lowest BCUT2D eigenvalue weighted by Gasteiger charge is -2.15. The van der Waals surface area contributed by atoms with E-state index in [1.165, 1.54) is 16.8 Å². The molecule has 0 aliphatic rings. The monoisotopic (exact) mass is 311 g/mol. The van der Waals surface area contributed by atoms with Gasteiger partial charge in [0.15, 0.2) is 0 Å². The first-order chi connectivity index (χ1) is 9.72. The van der Waals surface area contributed by atoms with Crippen LogP contribution in [-0.2, 0) is 17.1 Å². The maximum absolute atomic E-state index is 13.2. The van der Waals surface area contributed by atoms with E-state index < -0.39 is 21.9 Å². The van der Waals surface area contributed by atoms with Gasteiger partial charge in [-0.25, -0.2) is 17.5 Å². The zero-order chi connectivity index (χ0) is 15.8. The fraction of sp³-hybridized carbons (Fsp3) is 0.357. The summed E-state index contributed by atoms with van der Waals surface area (Å²) in [5.41, 5.74) is 1.57. The van der Waals surface area contributed by atoms with Crippen molar-refractivity contribution in [1.82, 2.24) is 14.5 Å². The zero-order valence-electron chi connectivity index (χ0n) is 12.4. The molecule has 2 aromatic rings. The lowest BCUT2D eigenvalue weighted by atomic mass is 10.1. The molecule has 2 rings (SSSR count). The predicted molar refractivity (Wildman–Crippen MR) is 77.8 cm³/mol. The van der Waals surface area contributed by atoms with Crippen LogP contribution in [0.25, 0.3) is 0 Å². The highest BCUT2D eigenvalue weighted by atomic mass is 32.2. The molecule has 1 heterocycles. The van der Waals surface area contributed by atoms with Gasteiger partial charge in [0.1, 0.15) is 10.7 Å². The van der Waals surface area contributed by atoms with Gasteiger partial charge in [0, 0.05) is 13.1 Å². The molecule has 0 aliphatic carbocycles. The van der Waals surface area contributed by atoms with Crippen LogP contribution < -0.4 is 4.72 Å². The van der Waals surface area contributed by atoms with E-state index in [0.717, 1.165) is 0 Å². The van der Waals surface area contributed by atoms with Gasteiger partial charge in [0.25, 0.3) is 0 Å². The summed E-state index contributed by atoms with van der Waals surface area (Å²) in [6.07, 6.45) is 0. The van der Waals surface area contributed by atoms with E-state index in [1.54, 1.807) is 40.0 Å². The third-order valence-corrected chi connectivity index (χ3v) is 5.18. The second-order valence-electron chi connectivity index (χ2n) is 5.02. The molecule has 0 spiro atoms. The minimum atomic E-state index is -3.72. The summed E-state index contributed by atoms with van der Waals surface area (Å²) >= 11 is 0. The highest BCUT2D eigenvalue weighted by Crippen LogP contribution is 2.22. The Labute approximate surface area is 123 Å². The number of hydrogen-bond acceptors (Lipinski definition) is 3. The van der Waals surface area contributed by atoms with Gasteiger partial charge in [0.05, 0.1) is 11.4 Å². The van der Waals surface area contributed by atoms with Gasteiger partial charge >= 0.3 is 0 Å². The van der Waals surface area contributed by atoms with Crippen molar-refractivity contribution in [2.75, 3.05) is 0 Å². The van der Waals surface area contributed by atoms with Gasteiger partial charge in [-0.05, 0) is 38.5 Å². The van der Waals surface area contributed by atoms with E-state index in [2.05, 4.69) is 9.82 Å². The Morgan fingerprint density at radius 3 is 2.52 bits per heavy atom. The molecule has 0 amide bonds. The first-order valence-electron chi connectivity index (χ1n) is 6.50. The normalized spacial score (nSPS) is 13.4. The molecular formula is C14H18FN3O2S. The van der Waals surface area contributed by atoms with Gasteiger partial charge in [-0.1, -0.05) is 12.1 Å². The smallest absolute Gasteiger partial charge is 0.244 e. The molecule has 0 saturated heterocycles. The standard InChI is InChI=1S/C14H18FN3O2S/c1-9(12-6-5-7-13(15)8-12)17-21(19,20)14-10(2)16-18(4)11(14)3/h5-9,17H,1-4H3/t9-/m0/s1. The summed E-state index contributed by atoms with van der Waals surface area (Å²) in [4.78, 5) is 0.174. The summed E-state index contributed by atoms with van der Waals surface area (Å²) in [7, 11) is -2.02. The van der Waals surface area contributed by atoms with Gasteiger partial charge in [0.2, 0.25) is 10.0 Å². The largest absolute Gasteiger partial charge is 0.271 e. The van der Waals surface area contributed by atoms with Crippen LogP contribution in [0.3, 0.4) is 0 Å². The van der Waals surface area contributed by atoms with Gasteiger partial charge in [-0.15, -0.1) is 0 Å². The van der Waals surface area contributed by atoms with Crippen molar-refractivity contribution in [3.63, 3.8) is 0 Å². The molecule has 0 saturated carbocycles. The summed E-state index contributed by atoms with van der Waals surface area (Å²) in [6.45, 7) is 5.02. The van der Waals surface area contributed by atoms with Crippen molar-refractivity contribution >= 4 is 10.0 Å². The van der Waals surface area contributed by atoms with Crippen molar-refractivity contribution in [1.29, 1.82) is 0 Å². The highest BCUT2D eigenvalue weighted by molar-refractivity contribution is 7.89. The number of aromatic nitrogens is 2. The van der Waals surface area contributed by atoms with Gasteiger partial charge in [-0.2, -0.15) is 5.10 Å². The van der Waals surface area contributed by atoms with E-state index in [1.807, 2.05) is 0 Å². The summed E-state index contributed by atoms with van der Waals surface area (Å²) < 4.78 is 42.3. The first kappa shape index (κ1) is 15.7. The topological polar surface area (TPSA) is 64.0 Å². The maximum Gasteiger partial charge on any atom is 0.244 e. The Morgan fingerprint density at radius 2 is 2.00 bits per heavy atom. The van der Waals surface area contributed by atoms with E-state index in [9.17, 15) is 12.8 Å². The van der Waals surface area contributed by atoms with Crippen LogP contribution in [0.2, 0.25) is 0 Å². The van der Waals surface area contributed by atoms with Gasteiger partial charge < -0.3 is 0 Å². The average molecular weight is 311 g/mol. The van der Waals surface area contributed by atoms with Crippen LogP contribution in [-0.4, -0.2) is 18.2 Å². The Kier molecular flexibility index (Phi) is 4.15. The number of sulfonamides is 1. The molecule has 114 valence electrons. The highest BCUT2D eigenvalue weighted by Gasteiger charge is 2.25. The maximum atomic E-state index is 13.2. The minimum absolute atomic E-state index is 0.174. The third-order valence-electron chi connectivity index (χ3n) is 3.39. The second kappa shape index (κ2) is 5.57. The molecule has 7 heteroatoms. The fourth-order valence-corrected chi connectivity index (χ4v) is 3.95. The predicted octanol–water partition coefficient (Wildman–Crippen LogP) is 2.22. The van der Waals surface area contributed by atoms with Crippen LogP contribution in [0.5, 0.6) is 0 Å². The molecule has 0 fully saturated rings. The van der Waals surface area contributed by atoms with Crippen molar-refractivity contribution in [3.8, 4) is 0 Å². The van der Waals surface area contributed by atoms with Crippen LogP contribution in [0.15, 0.2) is 29.2 Å². The number of halogens is 1. The lowest BCUT2D eigenvalue weighted by molar-refractivity contribution is 0.563. The number of nitrogens with one attached hydrogen (secondary N) is 1. The quantitative estimate of drug-likeness (QED) is 0.941. The van der Waals surface area contributed by atoms with E-state index >= 15 is 0 Å². The molecule has 21 heavy (non-hydrogen) atoms. The second-order valence-corrected chi connectivity index (χ2v) is 6.67. The van der Waals surface area contributed by atoms with Crippen molar-refractivity contribution in [2.24, 2.45) is 7.05 Å². The lowest BCUT2D eigenvalue weighted by Crippen LogP contribution is -2.27. The zero-order valence-corrected chi connectivity index (χ0v) is 13.2. The SMILES string of the molecule is Cc1nn(C)c(C)c1S(=O)(=O)N[C@@H](C)c1cccc(F)c1. The summed E-state index contributed by atoms with van der Waals surface area (Å²) in [5, 5.41) is 4.11. The molecule has 1 N–H and O–H groups in total. The van der Waals surface area contributed by atoms with Crippen molar-refractivity contribution in [2.45, 2.75) is 31.7 Å². The molecule has 1 atom stereocenters. The number of rotatable bonds is 4. The Morgan fingerprint density at radius 1 is 1.33 bits per heavy atom. The third kappa shape index (κ3) is 3.14. The molecule has 0 unspecified atom stereocenters.